The van der Waals surface area contributed by atoms with E-state index in [1.807, 2.05) is 33.9 Å². The topological polar surface area (TPSA) is 53.4 Å². The minimum absolute atomic E-state index is 0. The van der Waals surface area contributed by atoms with Crippen LogP contribution in [0.15, 0.2) is 96.9 Å². The summed E-state index contributed by atoms with van der Waals surface area (Å²) in [6.45, 7) is 8.07. The van der Waals surface area contributed by atoms with Crippen molar-refractivity contribution in [1.29, 1.82) is 0 Å². The molecule has 49 heavy (non-hydrogen) atoms. The summed E-state index contributed by atoms with van der Waals surface area (Å²) in [4.78, 5) is 19.0. The number of hydrogen-bond donors (Lipinski definition) is 1. The van der Waals surface area contributed by atoms with E-state index in [-0.39, 0.29) is 43.5 Å². The Morgan fingerprint density at radius 1 is 0.837 bits per heavy atom. The average molecular weight is 830 g/mol. The minimum atomic E-state index is 0. The van der Waals surface area contributed by atoms with Crippen LogP contribution in [0.5, 0.6) is 0 Å². The number of fused-ring (bicyclic) bond motifs is 3. The Balaban J connectivity index is 0.000000252. The van der Waals surface area contributed by atoms with Crippen LogP contribution in [0.25, 0.3) is 32.8 Å². The Morgan fingerprint density at radius 2 is 1.51 bits per heavy atom. The molecular weight excluding hydrogens is 781 g/mol. The fourth-order valence-electron chi connectivity index (χ4n) is 7.63. The van der Waals surface area contributed by atoms with Crippen LogP contribution in [0.2, 0.25) is 0 Å². The third-order valence-electron chi connectivity index (χ3n) is 10.5. The fraction of sp³-hybridized carbons (Fsp3) is 0.364. The molecule has 1 fully saturated rings. The number of pyridine rings is 1. The van der Waals surface area contributed by atoms with Crippen molar-refractivity contribution in [2.24, 2.45) is 11.8 Å². The molecule has 257 valence electrons. The molecule has 1 saturated carbocycles. The van der Waals surface area contributed by atoms with Gasteiger partial charge in [-0.2, -0.15) is 0 Å². The van der Waals surface area contributed by atoms with Gasteiger partial charge >= 0.3 is 0 Å². The maximum absolute atomic E-state index is 11.7. The first kappa shape index (κ1) is 36.5. The van der Waals surface area contributed by atoms with Crippen LogP contribution in [0.4, 0.5) is 17.1 Å². The first-order valence-electron chi connectivity index (χ1n) is 18.1. The number of para-hydroxylation sites is 1. The van der Waals surface area contributed by atoms with Crippen molar-refractivity contribution in [3.63, 3.8) is 0 Å². The van der Waals surface area contributed by atoms with E-state index in [4.69, 9.17) is 4.98 Å². The van der Waals surface area contributed by atoms with Crippen LogP contribution in [0, 0.1) is 17.9 Å². The zero-order valence-corrected chi connectivity index (χ0v) is 31.7. The number of aromatic nitrogens is 1. The van der Waals surface area contributed by atoms with Gasteiger partial charge < -0.3 is 10.0 Å². The predicted molar refractivity (Wildman–Crippen MR) is 201 cm³/mol. The standard InChI is InChI=1S/C31H25N2.C13H24O2.Ir/c1-3-9-21(10-4-1)25-17-24-15-16-32-31-27-18-22-11-7-8-12-23(22)19-28(27)33(29(20-25)30(24)31)26-13-5-2-6-14-26;1-5-10(6-2)12(14)9-13(15)11(7-3)8-4;/h2,5-8,11-17,19-21H,1,3-4,9-10H2;9-11,14H,5-8H2,1-4H3;/q-1;;/b;12-9-;. The summed E-state index contributed by atoms with van der Waals surface area (Å²) in [5.41, 5.74) is 7.20. The van der Waals surface area contributed by atoms with E-state index in [1.165, 1.54) is 71.3 Å². The van der Waals surface area contributed by atoms with Gasteiger partial charge in [0, 0.05) is 61.3 Å². The van der Waals surface area contributed by atoms with Crippen molar-refractivity contribution in [3.8, 4) is 11.3 Å². The van der Waals surface area contributed by atoms with Gasteiger partial charge in [-0.15, -0.1) is 17.5 Å². The van der Waals surface area contributed by atoms with E-state index in [1.54, 1.807) is 0 Å². The van der Waals surface area contributed by atoms with Gasteiger partial charge in [0.25, 0.3) is 0 Å². The second-order valence-electron chi connectivity index (χ2n) is 13.4. The number of ketones is 1. The number of anilines is 3. The summed E-state index contributed by atoms with van der Waals surface area (Å²) in [5, 5.41) is 14.6. The van der Waals surface area contributed by atoms with Gasteiger partial charge in [0.05, 0.1) is 5.76 Å². The normalized spacial score (nSPS) is 14.4. The van der Waals surface area contributed by atoms with Gasteiger partial charge in [-0.05, 0) is 90.7 Å². The molecule has 0 atom stereocenters. The van der Waals surface area contributed by atoms with Gasteiger partial charge in [-0.1, -0.05) is 106 Å². The van der Waals surface area contributed by atoms with Crippen LogP contribution in [0.1, 0.15) is 97.0 Å². The van der Waals surface area contributed by atoms with Crippen molar-refractivity contribution in [3.05, 3.63) is 109 Å². The molecule has 0 amide bonds. The molecule has 1 aliphatic heterocycles. The molecule has 2 aliphatic rings. The van der Waals surface area contributed by atoms with Gasteiger partial charge in [0.15, 0.2) is 5.78 Å². The number of carbonyl (C=O) groups excluding carboxylic acids is 1. The summed E-state index contributed by atoms with van der Waals surface area (Å²) >= 11 is 0. The number of carbonyl (C=O) groups is 1. The fourth-order valence-corrected chi connectivity index (χ4v) is 7.63. The average Bonchev–Trinajstić information content (AvgIpc) is 3.13. The molecule has 2 heterocycles. The third kappa shape index (κ3) is 7.69. The summed E-state index contributed by atoms with van der Waals surface area (Å²) in [6, 6.07) is 32.4. The number of aliphatic hydroxyl groups is 1. The zero-order valence-electron chi connectivity index (χ0n) is 29.3. The predicted octanol–water partition coefficient (Wildman–Crippen LogP) is 12.6. The van der Waals surface area contributed by atoms with Crippen LogP contribution in [-0.4, -0.2) is 15.9 Å². The second kappa shape index (κ2) is 16.7. The molecule has 0 unspecified atom stereocenters. The molecule has 0 spiro atoms. The number of hydrogen-bond acceptors (Lipinski definition) is 4. The van der Waals surface area contributed by atoms with Crippen molar-refractivity contribution in [2.75, 3.05) is 4.90 Å². The molecule has 0 saturated heterocycles. The van der Waals surface area contributed by atoms with Crippen molar-refractivity contribution < 1.29 is 30.0 Å². The van der Waals surface area contributed by atoms with E-state index < -0.39 is 0 Å². The molecule has 1 radical (unpaired) electrons. The van der Waals surface area contributed by atoms with Crippen molar-refractivity contribution in [1.82, 2.24) is 4.98 Å². The second-order valence-corrected chi connectivity index (χ2v) is 13.4. The van der Waals surface area contributed by atoms with Crippen molar-refractivity contribution in [2.45, 2.75) is 91.4 Å². The van der Waals surface area contributed by atoms with E-state index in [9.17, 15) is 9.90 Å². The van der Waals surface area contributed by atoms with E-state index in [2.05, 4.69) is 89.8 Å². The van der Waals surface area contributed by atoms with Crippen LogP contribution >= 0.6 is 0 Å². The maximum Gasteiger partial charge on any atom is 0.162 e. The molecule has 0 bridgehead atoms. The van der Waals surface area contributed by atoms with E-state index >= 15 is 0 Å². The van der Waals surface area contributed by atoms with Crippen LogP contribution in [0.3, 0.4) is 0 Å². The molecule has 4 nitrogen and oxygen atoms in total. The molecular formula is C44H49IrN2O2-. The Kier molecular flexibility index (Phi) is 12.5. The number of rotatable bonds is 9. The van der Waals surface area contributed by atoms with Gasteiger partial charge in [0.1, 0.15) is 0 Å². The quantitative estimate of drug-likeness (QED) is 0.0896. The minimum Gasteiger partial charge on any atom is -0.512 e. The smallest absolute Gasteiger partial charge is 0.162 e. The van der Waals surface area contributed by atoms with Crippen LogP contribution in [-0.2, 0) is 24.9 Å². The largest absolute Gasteiger partial charge is 0.512 e. The number of nitrogens with zero attached hydrogens (tertiary/aromatic N) is 2. The van der Waals surface area contributed by atoms with Gasteiger partial charge in [0.2, 0.25) is 0 Å². The monoisotopic (exact) mass is 830 g/mol. The SMILES string of the molecule is CCC(CC)C(=O)/C=C(\O)C(CC)CC.[Ir].[c-]1c2c(cc3ccccc13)N(c1ccccc1)c1cc(C3CCCCC3)cc3ccnc-2c13. The Labute approximate surface area is 306 Å². The summed E-state index contributed by atoms with van der Waals surface area (Å²) < 4.78 is 0. The first-order valence-corrected chi connectivity index (χ1v) is 18.1. The van der Waals surface area contributed by atoms with Crippen LogP contribution < -0.4 is 4.90 Å². The van der Waals surface area contributed by atoms with Gasteiger partial charge in [-0.3, -0.25) is 9.78 Å². The molecule has 4 aromatic carbocycles. The van der Waals surface area contributed by atoms with E-state index in [0.717, 1.165) is 48.0 Å². The molecule has 5 aromatic rings. The van der Waals surface area contributed by atoms with E-state index in [0.29, 0.717) is 5.92 Å². The third-order valence-corrected chi connectivity index (χ3v) is 10.5. The number of aliphatic hydroxyl groups excluding tert-OH is 1. The Morgan fingerprint density at radius 3 is 2.20 bits per heavy atom. The molecule has 1 aromatic heterocycles. The molecule has 5 heteroatoms. The zero-order chi connectivity index (χ0) is 33.6. The molecule has 1 aliphatic carbocycles. The Hall–Kier alpha value is -3.79. The molecule has 7 rings (SSSR count). The first-order chi connectivity index (χ1) is 23.5. The number of allylic oxidation sites excluding steroid dienone is 2. The molecule has 1 N–H and O–H groups in total. The summed E-state index contributed by atoms with van der Waals surface area (Å²) in [6.07, 6.45) is 13.5. The summed E-state index contributed by atoms with van der Waals surface area (Å²) in [5.74, 6) is 1.20. The van der Waals surface area contributed by atoms with Gasteiger partial charge in [-0.25, -0.2) is 0 Å². The maximum atomic E-state index is 11.7. The summed E-state index contributed by atoms with van der Waals surface area (Å²) in [7, 11) is 0. The van der Waals surface area contributed by atoms with Crippen molar-refractivity contribution >= 4 is 44.4 Å². The Bertz CT molecular complexity index is 1900. The number of benzene rings is 4.